The van der Waals surface area contributed by atoms with Crippen LogP contribution in [-0.2, 0) is 18.3 Å². The van der Waals surface area contributed by atoms with Gasteiger partial charge in [0.15, 0.2) is 5.96 Å². The molecular formula is C27H60N4O5Si. The first-order chi connectivity index (χ1) is 17.8. The van der Waals surface area contributed by atoms with E-state index in [1.54, 1.807) is 21.3 Å². The quantitative estimate of drug-likeness (QED) is 0.0554. The van der Waals surface area contributed by atoms with E-state index in [2.05, 4.69) is 29.0 Å². The van der Waals surface area contributed by atoms with Crippen LogP contribution in [0, 0.1) is 5.41 Å². The molecule has 222 valence electrons. The van der Waals surface area contributed by atoms with E-state index in [9.17, 15) is 5.11 Å². The second kappa shape index (κ2) is 24.3. The van der Waals surface area contributed by atoms with Crippen LogP contribution in [0.5, 0.6) is 0 Å². The Hall–Kier alpha value is -0.753. The third-order valence-corrected chi connectivity index (χ3v) is 9.67. The summed E-state index contributed by atoms with van der Waals surface area (Å²) in [7, 11) is 3.08. The molecule has 0 aliphatic rings. The van der Waals surface area contributed by atoms with E-state index >= 15 is 0 Å². The molecule has 0 bridgehead atoms. The van der Waals surface area contributed by atoms with Gasteiger partial charge >= 0.3 is 8.56 Å². The first-order valence-electron chi connectivity index (χ1n) is 14.5. The maximum absolute atomic E-state index is 10.6. The second-order valence-electron chi connectivity index (χ2n) is 10.3. The fraction of sp³-hybridized carbons (Fsp3) is 0.963. The van der Waals surface area contributed by atoms with E-state index in [-0.39, 0.29) is 12.1 Å². The summed E-state index contributed by atoms with van der Waals surface area (Å²) >= 11 is 0. The van der Waals surface area contributed by atoms with Gasteiger partial charge < -0.3 is 39.0 Å². The highest BCUT2D eigenvalue weighted by Crippen LogP contribution is 2.13. The molecular weight excluding hydrogens is 488 g/mol. The molecule has 0 aromatic rings. The van der Waals surface area contributed by atoms with Crippen molar-refractivity contribution in [2.45, 2.75) is 103 Å². The van der Waals surface area contributed by atoms with Gasteiger partial charge in [-0.05, 0) is 64.7 Å². The second-order valence-corrected chi connectivity index (χ2v) is 13.9. The van der Waals surface area contributed by atoms with Crippen molar-refractivity contribution >= 4 is 14.5 Å². The lowest BCUT2D eigenvalue weighted by Gasteiger charge is -2.25. The average Bonchev–Trinajstić information content (AvgIpc) is 2.87. The fourth-order valence-corrected chi connectivity index (χ4v) is 5.53. The molecule has 0 radical (unpaired) electrons. The Bertz CT molecular complexity index is 529. The molecule has 0 saturated carbocycles. The number of guanidine groups is 1. The first kappa shape index (κ1) is 36.2. The maximum atomic E-state index is 10.6. The zero-order chi connectivity index (χ0) is 27.8. The van der Waals surface area contributed by atoms with Crippen molar-refractivity contribution in [3.8, 4) is 0 Å². The van der Waals surface area contributed by atoms with Crippen molar-refractivity contribution in [3.05, 3.63) is 0 Å². The number of aliphatic hydroxyl groups is 1. The summed E-state index contributed by atoms with van der Waals surface area (Å²) < 4.78 is 21.9. The predicted molar refractivity (Wildman–Crippen MR) is 156 cm³/mol. The van der Waals surface area contributed by atoms with E-state index in [1.807, 2.05) is 6.92 Å². The molecule has 0 amide bonds. The highest BCUT2D eigenvalue weighted by Gasteiger charge is 2.27. The summed E-state index contributed by atoms with van der Waals surface area (Å²) in [5, 5.41) is 24.8. The van der Waals surface area contributed by atoms with Crippen molar-refractivity contribution < 1.29 is 23.4 Å². The SMILES string of the molecule is CCCCCCCN(CCCCCNC(=N)NC(C)COC)CC(O)CCOCCC[Si](C)(OC)OC. The summed E-state index contributed by atoms with van der Waals surface area (Å²) in [4.78, 5) is 2.42. The zero-order valence-corrected chi connectivity index (χ0v) is 25.9. The lowest BCUT2D eigenvalue weighted by Crippen LogP contribution is -2.43. The molecule has 9 nitrogen and oxygen atoms in total. The van der Waals surface area contributed by atoms with Crippen LogP contribution in [0.1, 0.15) is 78.1 Å². The molecule has 37 heavy (non-hydrogen) atoms. The average molecular weight is 549 g/mol. The Balaban J connectivity index is 4.19. The van der Waals surface area contributed by atoms with Gasteiger partial charge in [-0.25, -0.2) is 0 Å². The number of nitrogens with one attached hydrogen (secondary N) is 3. The standard InChI is InChI=1S/C27H60N4O5Si/c1-7-8-9-10-13-18-31(19-14-11-12-17-29-27(28)30-25(2)24-33-3)23-26(32)16-21-36-20-15-22-37(6,34-4)35-5/h25-26,32H,7-24H2,1-6H3,(H3,28,29,30). The van der Waals surface area contributed by atoms with E-state index in [4.69, 9.17) is 23.7 Å². The Morgan fingerprint density at radius 2 is 1.59 bits per heavy atom. The summed E-state index contributed by atoms with van der Waals surface area (Å²) in [6, 6.07) is 1.03. The molecule has 0 spiro atoms. The Morgan fingerprint density at radius 1 is 0.946 bits per heavy atom. The van der Waals surface area contributed by atoms with Gasteiger partial charge in [-0.15, -0.1) is 0 Å². The molecule has 0 aromatic carbocycles. The molecule has 2 atom stereocenters. The Morgan fingerprint density at radius 3 is 2.22 bits per heavy atom. The number of rotatable bonds is 26. The van der Waals surface area contributed by atoms with Crippen molar-refractivity contribution in [3.63, 3.8) is 0 Å². The number of hydrogen-bond donors (Lipinski definition) is 4. The van der Waals surface area contributed by atoms with Crippen molar-refractivity contribution in [1.82, 2.24) is 15.5 Å². The smallest absolute Gasteiger partial charge is 0.334 e. The van der Waals surface area contributed by atoms with Gasteiger partial charge in [0, 0.05) is 53.7 Å². The predicted octanol–water partition coefficient (Wildman–Crippen LogP) is 4.10. The summed E-state index contributed by atoms with van der Waals surface area (Å²) in [6.45, 7) is 11.7. The number of hydrogen-bond acceptors (Lipinski definition) is 7. The highest BCUT2D eigenvalue weighted by atomic mass is 28.4. The Kier molecular flexibility index (Phi) is 23.8. The zero-order valence-electron chi connectivity index (χ0n) is 24.9. The van der Waals surface area contributed by atoms with Crippen LogP contribution in [0.4, 0.5) is 0 Å². The molecule has 0 aliphatic heterocycles. The molecule has 0 aliphatic carbocycles. The van der Waals surface area contributed by atoms with Gasteiger partial charge in [0.2, 0.25) is 0 Å². The van der Waals surface area contributed by atoms with Crippen LogP contribution in [-0.4, -0.2) is 104 Å². The molecule has 0 fully saturated rings. The van der Waals surface area contributed by atoms with Gasteiger partial charge in [-0.3, -0.25) is 5.41 Å². The fourth-order valence-electron chi connectivity index (χ4n) is 4.17. The minimum absolute atomic E-state index is 0.122. The number of nitrogens with zero attached hydrogens (tertiary/aromatic N) is 1. The van der Waals surface area contributed by atoms with Gasteiger partial charge in [-0.1, -0.05) is 39.0 Å². The summed E-state index contributed by atoms with van der Waals surface area (Å²) in [5.74, 6) is 0.358. The lowest BCUT2D eigenvalue weighted by atomic mass is 10.1. The van der Waals surface area contributed by atoms with Gasteiger partial charge in [0.05, 0.1) is 12.7 Å². The Labute approximate surface area is 229 Å². The van der Waals surface area contributed by atoms with Gasteiger partial charge in [-0.2, -0.15) is 0 Å². The summed E-state index contributed by atoms with van der Waals surface area (Å²) in [6.07, 6.45) is 10.7. The number of methoxy groups -OCH3 is 1. The number of aliphatic hydroxyl groups excluding tert-OH is 1. The van der Waals surface area contributed by atoms with E-state index < -0.39 is 8.56 Å². The molecule has 0 rings (SSSR count). The molecule has 4 N–H and O–H groups in total. The molecule has 0 aromatic heterocycles. The molecule has 2 unspecified atom stereocenters. The normalized spacial score (nSPS) is 13.6. The maximum Gasteiger partial charge on any atom is 0.334 e. The van der Waals surface area contributed by atoms with Crippen molar-refractivity contribution in [1.29, 1.82) is 5.41 Å². The lowest BCUT2D eigenvalue weighted by molar-refractivity contribution is 0.0582. The number of unbranched alkanes of at least 4 members (excludes halogenated alkanes) is 6. The van der Waals surface area contributed by atoms with E-state index in [0.717, 1.165) is 51.4 Å². The number of ether oxygens (including phenoxy) is 2. The van der Waals surface area contributed by atoms with Crippen molar-refractivity contribution in [2.75, 3.05) is 67.3 Å². The van der Waals surface area contributed by atoms with Gasteiger partial charge in [0.1, 0.15) is 0 Å². The molecule has 10 heteroatoms. The van der Waals surface area contributed by atoms with Crippen LogP contribution in [0.3, 0.4) is 0 Å². The minimum Gasteiger partial charge on any atom is -0.398 e. The van der Waals surface area contributed by atoms with E-state index in [0.29, 0.717) is 38.7 Å². The summed E-state index contributed by atoms with van der Waals surface area (Å²) in [5.41, 5.74) is 0. The van der Waals surface area contributed by atoms with Crippen LogP contribution >= 0.6 is 0 Å². The monoisotopic (exact) mass is 548 g/mol. The van der Waals surface area contributed by atoms with Crippen LogP contribution in [0.15, 0.2) is 0 Å². The molecule has 0 saturated heterocycles. The largest absolute Gasteiger partial charge is 0.398 e. The van der Waals surface area contributed by atoms with Crippen molar-refractivity contribution in [2.24, 2.45) is 0 Å². The molecule has 0 heterocycles. The minimum atomic E-state index is -2.02. The first-order valence-corrected chi connectivity index (χ1v) is 17.0. The van der Waals surface area contributed by atoms with Gasteiger partial charge in [0.25, 0.3) is 0 Å². The third-order valence-electron chi connectivity index (χ3n) is 6.69. The van der Waals surface area contributed by atoms with E-state index in [1.165, 1.54) is 32.1 Å². The van der Waals surface area contributed by atoms with Crippen LogP contribution in [0.2, 0.25) is 12.6 Å². The van der Waals surface area contributed by atoms with Crippen LogP contribution in [0.25, 0.3) is 0 Å². The third kappa shape index (κ3) is 21.8. The topological polar surface area (TPSA) is 108 Å². The van der Waals surface area contributed by atoms with Crippen LogP contribution < -0.4 is 10.6 Å². The highest BCUT2D eigenvalue weighted by molar-refractivity contribution is 6.65.